The van der Waals surface area contributed by atoms with Crippen LogP contribution in [-0.2, 0) is 11.3 Å². The Balaban J connectivity index is 2.07. The highest BCUT2D eigenvalue weighted by Gasteiger charge is 2.18. The number of Topliss-reactive ketones (excluding diaryl/α,β-unsaturated/α-hetero) is 1. The standard InChI is InChI=1S/C14H14ClFN2O2S/c1-20-7-6-18-14(10(15)8-17-18)12(19)9-21-13-5-3-2-4-11(13)16/h2-5,8H,6-7,9H2,1H3. The van der Waals surface area contributed by atoms with E-state index in [1.54, 1.807) is 25.3 Å². The monoisotopic (exact) mass is 328 g/mol. The van der Waals surface area contributed by atoms with Crippen LogP contribution in [0.2, 0.25) is 5.02 Å². The molecule has 1 heterocycles. The van der Waals surface area contributed by atoms with Gasteiger partial charge in [0.15, 0.2) is 5.78 Å². The predicted octanol–water partition coefficient (Wildman–Crippen LogP) is 3.30. The van der Waals surface area contributed by atoms with Crippen molar-refractivity contribution in [3.8, 4) is 0 Å². The van der Waals surface area contributed by atoms with E-state index in [2.05, 4.69) is 5.10 Å². The van der Waals surface area contributed by atoms with E-state index >= 15 is 0 Å². The molecule has 0 fully saturated rings. The van der Waals surface area contributed by atoms with E-state index in [1.165, 1.54) is 16.9 Å². The zero-order valence-corrected chi connectivity index (χ0v) is 13.0. The molecule has 0 saturated heterocycles. The van der Waals surface area contributed by atoms with Gasteiger partial charge in [-0.2, -0.15) is 5.10 Å². The Morgan fingerprint density at radius 1 is 1.48 bits per heavy atom. The van der Waals surface area contributed by atoms with Gasteiger partial charge in [0, 0.05) is 12.0 Å². The predicted molar refractivity (Wildman–Crippen MR) is 80.6 cm³/mol. The van der Waals surface area contributed by atoms with Crippen LogP contribution in [0.1, 0.15) is 10.5 Å². The third-order valence-electron chi connectivity index (χ3n) is 2.76. The summed E-state index contributed by atoms with van der Waals surface area (Å²) in [7, 11) is 1.57. The van der Waals surface area contributed by atoms with Gasteiger partial charge < -0.3 is 4.74 Å². The molecule has 1 aromatic heterocycles. The summed E-state index contributed by atoms with van der Waals surface area (Å²) in [5.74, 6) is -0.435. The smallest absolute Gasteiger partial charge is 0.192 e. The van der Waals surface area contributed by atoms with Gasteiger partial charge in [-0.15, -0.1) is 11.8 Å². The number of halogens is 2. The summed E-state index contributed by atoms with van der Waals surface area (Å²) in [5, 5.41) is 4.34. The van der Waals surface area contributed by atoms with E-state index in [0.717, 1.165) is 11.8 Å². The molecule has 0 saturated carbocycles. The second-order valence-electron chi connectivity index (χ2n) is 4.20. The van der Waals surface area contributed by atoms with Crippen molar-refractivity contribution in [3.05, 3.63) is 47.0 Å². The maximum atomic E-state index is 13.5. The first-order valence-electron chi connectivity index (χ1n) is 6.24. The highest BCUT2D eigenvalue weighted by molar-refractivity contribution is 8.00. The van der Waals surface area contributed by atoms with Gasteiger partial charge in [0.25, 0.3) is 0 Å². The molecular weight excluding hydrogens is 315 g/mol. The summed E-state index contributed by atoms with van der Waals surface area (Å²) in [6, 6.07) is 6.34. The number of ether oxygens (including phenoxy) is 1. The number of aromatic nitrogens is 2. The summed E-state index contributed by atoms with van der Waals surface area (Å²) in [5.41, 5.74) is 0.331. The average molecular weight is 329 g/mol. The second-order valence-corrected chi connectivity index (χ2v) is 5.62. The Hall–Kier alpha value is -1.37. The lowest BCUT2D eigenvalue weighted by Crippen LogP contribution is -2.15. The van der Waals surface area contributed by atoms with Crippen molar-refractivity contribution in [2.24, 2.45) is 0 Å². The van der Waals surface area contributed by atoms with E-state index in [9.17, 15) is 9.18 Å². The van der Waals surface area contributed by atoms with Crippen LogP contribution >= 0.6 is 23.4 Å². The molecule has 2 rings (SSSR count). The quantitative estimate of drug-likeness (QED) is 0.578. The lowest BCUT2D eigenvalue weighted by atomic mass is 10.3. The molecule has 0 aliphatic rings. The minimum absolute atomic E-state index is 0.0966. The van der Waals surface area contributed by atoms with Crippen molar-refractivity contribution < 1.29 is 13.9 Å². The molecule has 0 atom stereocenters. The molecule has 0 amide bonds. The number of rotatable bonds is 7. The molecule has 4 nitrogen and oxygen atoms in total. The lowest BCUT2D eigenvalue weighted by Gasteiger charge is -2.07. The topological polar surface area (TPSA) is 44.1 Å². The fraction of sp³-hybridized carbons (Fsp3) is 0.286. The summed E-state index contributed by atoms with van der Waals surface area (Å²) < 4.78 is 20.0. The molecule has 0 aliphatic heterocycles. The van der Waals surface area contributed by atoms with Crippen molar-refractivity contribution in [3.63, 3.8) is 0 Å². The van der Waals surface area contributed by atoms with Crippen molar-refractivity contribution >= 4 is 29.1 Å². The molecule has 2 aromatic rings. The second kappa shape index (κ2) is 7.59. The van der Waals surface area contributed by atoms with Gasteiger partial charge in [0.05, 0.1) is 30.1 Å². The molecule has 112 valence electrons. The summed E-state index contributed by atoms with van der Waals surface area (Å²) >= 11 is 7.14. The van der Waals surface area contributed by atoms with Crippen molar-refractivity contribution in [2.75, 3.05) is 19.5 Å². The van der Waals surface area contributed by atoms with Crippen LogP contribution in [-0.4, -0.2) is 35.0 Å². The van der Waals surface area contributed by atoms with E-state index in [0.29, 0.717) is 28.8 Å². The Labute approximate surface area is 131 Å². The molecule has 7 heteroatoms. The highest BCUT2D eigenvalue weighted by Crippen LogP contribution is 2.24. The minimum Gasteiger partial charge on any atom is -0.383 e. The van der Waals surface area contributed by atoms with Gasteiger partial charge in [-0.05, 0) is 12.1 Å². The van der Waals surface area contributed by atoms with E-state index < -0.39 is 0 Å². The van der Waals surface area contributed by atoms with Crippen molar-refractivity contribution in [2.45, 2.75) is 11.4 Å². The van der Waals surface area contributed by atoms with Crippen LogP contribution in [0.5, 0.6) is 0 Å². The van der Waals surface area contributed by atoms with Crippen LogP contribution < -0.4 is 0 Å². The number of benzene rings is 1. The number of methoxy groups -OCH3 is 1. The molecule has 1 aromatic carbocycles. The maximum Gasteiger partial charge on any atom is 0.192 e. The average Bonchev–Trinajstić information content (AvgIpc) is 2.85. The Morgan fingerprint density at radius 2 is 2.24 bits per heavy atom. The number of thioether (sulfide) groups is 1. The van der Waals surface area contributed by atoms with E-state index in [-0.39, 0.29) is 17.4 Å². The molecule has 0 N–H and O–H groups in total. The first-order valence-corrected chi connectivity index (χ1v) is 7.60. The van der Waals surface area contributed by atoms with Crippen LogP contribution in [0.25, 0.3) is 0 Å². The van der Waals surface area contributed by atoms with Gasteiger partial charge in [0.1, 0.15) is 11.5 Å². The van der Waals surface area contributed by atoms with Gasteiger partial charge >= 0.3 is 0 Å². The zero-order chi connectivity index (χ0) is 15.2. The van der Waals surface area contributed by atoms with Crippen molar-refractivity contribution in [1.29, 1.82) is 0 Å². The number of hydrogen-bond acceptors (Lipinski definition) is 4. The fourth-order valence-corrected chi connectivity index (χ4v) is 2.81. The maximum absolute atomic E-state index is 13.5. The summed E-state index contributed by atoms with van der Waals surface area (Å²) in [6.45, 7) is 0.868. The number of hydrogen-bond donors (Lipinski definition) is 0. The van der Waals surface area contributed by atoms with Gasteiger partial charge in [-0.25, -0.2) is 4.39 Å². The number of ketones is 1. The molecule has 21 heavy (non-hydrogen) atoms. The van der Waals surface area contributed by atoms with Crippen LogP contribution in [0, 0.1) is 5.82 Å². The third kappa shape index (κ3) is 4.06. The molecule has 0 bridgehead atoms. The lowest BCUT2D eigenvalue weighted by molar-refractivity contribution is 0.100. The van der Waals surface area contributed by atoms with E-state index in [1.807, 2.05) is 0 Å². The SMILES string of the molecule is COCCn1ncc(Cl)c1C(=O)CSc1ccccc1F. The fourth-order valence-electron chi connectivity index (χ4n) is 1.76. The van der Waals surface area contributed by atoms with Gasteiger partial charge in [-0.3, -0.25) is 9.48 Å². The molecular formula is C14H14ClFN2O2S. The van der Waals surface area contributed by atoms with Gasteiger partial charge in [-0.1, -0.05) is 23.7 Å². The van der Waals surface area contributed by atoms with Crippen molar-refractivity contribution in [1.82, 2.24) is 9.78 Å². The summed E-state index contributed by atoms with van der Waals surface area (Å²) in [6.07, 6.45) is 1.43. The number of carbonyl (C=O) groups is 1. The third-order valence-corrected chi connectivity index (χ3v) is 4.09. The van der Waals surface area contributed by atoms with Gasteiger partial charge in [0.2, 0.25) is 0 Å². The molecule has 0 aliphatic carbocycles. The van der Waals surface area contributed by atoms with Crippen LogP contribution in [0.3, 0.4) is 0 Å². The van der Waals surface area contributed by atoms with E-state index in [4.69, 9.17) is 16.3 Å². The first kappa shape index (κ1) is 16.0. The minimum atomic E-state index is -0.339. The zero-order valence-electron chi connectivity index (χ0n) is 11.4. The first-order chi connectivity index (χ1) is 10.1. The number of nitrogens with zero attached hydrogens (tertiary/aromatic N) is 2. The Bertz CT molecular complexity index is 633. The van der Waals surface area contributed by atoms with Crippen LogP contribution in [0.4, 0.5) is 4.39 Å². The normalized spacial score (nSPS) is 10.8. The summed E-state index contributed by atoms with van der Waals surface area (Å²) in [4.78, 5) is 12.7. The Morgan fingerprint density at radius 3 is 2.95 bits per heavy atom. The highest BCUT2D eigenvalue weighted by atomic mass is 35.5. The molecule has 0 spiro atoms. The Kier molecular flexibility index (Phi) is 5.78. The largest absolute Gasteiger partial charge is 0.383 e. The molecule has 0 unspecified atom stereocenters. The number of carbonyl (C=O) groups excluding carboxylic acids is 1. The van der Waals surface area contributed by atoms with Crippen LogP contribution in [0.15, 0.2) is 35.4 Å². The molecule has 0 radical (unpaired) electrons.